The van der Waals surface area contributed by atoms with Gasteiger partial charge < -0.3 is 29.5 Å². The van der Waals surface area contributed by atoms with Crippen LogP contribution in [0.15, 0.2) is 54.6 Å². The summed E-state index contributed by atoms with van der Waals surface area (Å²) >= 11 is 11.4. The van der Waals surface area contributed by atoms with Gasteiger partial charge in [-0.05, 0) is 48.2 Å². The fourth-order valence-electron chi connectivity index (χ4n) is 4.13. The number of nitro groups is 1. The monoisotopic (exact) mass is 799 g/mol. The number of carbonyl (C=O) groups excluding carboxylic acids is 1. The number of aromatic carboxylic acids is 1. The molecule has 286 valence electrons. The van der Waals surface area contributed by atoms with Crippen LogP contribution in [0.4, 0.5) is 24.5 Å². The van der Waals surface area contributed by atoms with Crippen LogP contribution in [0.2, 0.25) is 5.02 Å². The SMILES string of the molecule is CCc1cccc(CC)c1N(COC)C(=O)CCl.O=C(O)CNCP(=O)(O)O.O=C(O)c1cc(Oc2ccc(C(F)(F)F)cc2Cl)ccc1[N+](=O)[O-]. The molecule has 52 heavy (non-hydrogen) atoms. The smallest absolute Gasteiger partial charge is 0.416 e. The largest absolute Gasteiger partial charge is 0.480 e. The summed E-state index contributed by atoms with van der Waals surface area (Å²) in [6.07, 6.45) is -3.43. The Balaban J connectivity index is 0.000000426. The molecule has 0 saturated heterocycles. The van der Waals surface area contributed by atoms with E-state index in [0.29, 0.717) is 6.07 Å². The summed E-state index contributed by atoms with van der Waals surface area (Å²) in [7, 11) is -2.52. The van der Waals surface area contributed by atoms with Gasteiger partial charge in [0.2, 0.25) is 5.91 Å². The highest BCUT2D eigenvalue weighted by molar-refractivity contribution is 7.51. The van der Waals surface area contributed by atoms with Gasteiger partial charge in [-0.2, -0.15) is 13.2 Å². The molecule has 3 aromatic rings. The number of methoxy groups -OCH3 is 1. The summed E-state index contributed by atoms with van der Waals surface area (Å²) in [5.41, 5.74) is 0.994. The molecule has 15 nitrogen and oxygen atoms in total. The first kappa shape index (κ1) is 45.7. The average molecular weight is 801 g/mol. The molecular weight excluding hydrogens is 765 g/mol. The number of nitrogens with zero attached hydrogens (tertiary/aromatic N) is 2. The van der Waals surface area contributed by atoms with Crippen LogP contribution in [0.1, 0.15) is 40.9 Å². The Morgan fingerprint density at radius 1 is 1.02 bits per heavy atom. The van der Waals surface area contributed by atoms with Crippen molar-refractivity contribution in [3.05, 3.63) is 92.0 Å². The second-order valence-electron chi connectivity index (χ2n) is 10.1. The molecule has 3 rings (SSSR count). The fourth-order valence-corrected chi connectivity index (χ4v) is 4.90. The van der Waals surface area contributed by atoms with Gasteiger partial charge in [-0.1, -0.05) is 43.6 Å². The van der Waals surface area contributed by atoms with Crippen molar-refractivity contribution in [2.24, 2.45) is 0 Å². The lowest BCUT2D eigenvalue weighted by Crippen LogP contribution is -2.35. The van der Waals surface area contributed by atoms with E-state index in [9.17, 15) is 42.2 Å². The second kappa shape index (κ2) is 21.3. The number of halogens is 5. The molecule has 0 atom stereocenters. The van der Waals surface area contributed by atoms with Gasteiger partial charge in [0, 0.05) is 19.2 Å². The number of nitro benzene ring substituents is 1. The maximum atomic E-state index is 12.6. The number of amides is 1. The number of nitrogens with one attached hydrogen (secondary N) is 1. The number of hydrogen-bond acceptors (Lipinski definition) is 9. The molecule has 0 aliphatic carbocycles. The Morgan fingerprint density at radius 3 is 2.04 bits per heavy atom. The molecule has 0 bridgehead atoms. The number of aryl methyl sites for hydroxylation is 2. The summed E-state index contributed by atoms with van der Waals surface area (Å²) in [4.78, 5) is 60.6. The Bertz CT molecular complexity index is 1740. The Kier molecular flexibility index (Phi) is 18.7. The molecule has 0 heterocycles. The predicted molar refractivity (Wildman–Crippen MR) is 184 cm³/mol. The average Bonchev–Trinajstić information content (AvgIpc) is 3.06. The zero-order valence-corrected chi connectivity index (χ0v) is 30.1. The van der Waals surface area contributed by atoms with Crippen molar-refractivity contribution in [1.82, 2.24) is 5.32 Å². The van der Waals surface area contributed by atoms with E-state index in [-0.39, 0.29) is 35.0 Å². The lowest BCUT2D eigenvalue weighted by atomic mass is 10.0. The highest BCUT2D eigenvalue weighted by Gasteiger charge is 2.31. The molecule has 3 aromatic carbocycles. The zero-order valence-electron chi connectivity index (χ0n) is 27.7. The molecule has 0 spiro atoms. The van der Waals surface area contributed by atoms with Crippen molar-refractivity contribution in [1.29, 1.82) is 0 Å². The fraction of sp³-hybridized carbons (Fsp3) is 0.323. The van der Waals surface area contributed by atoms with Crippen molar-refractivity contribution >= 4 is 60.0 Å². The van der Waals surface area contributed by atoms with E-state index in [0.717, 1.165) is 60.0 Å². The van der Waals surface area contributed by atoms with Crippen LogP contribution in [-0.2, 0) is 37.9 Å². The molecule has 0 aliphatic heterocycles. The quantitative estimate of drug-likeness (QED) is 0.0384. The van der Waals surface area contributed by atoms with Gasteiger partial charge in [-0.3, -0.25) is 34.5 Å². The third kappa shape index (κ3) is 15.1. The second-order valence-corrected chi connectivity index (χ2v) is 12.5. The van der Waals surface area contributed by atoms with Gasteiger partial charge in [-0.25, -0.2) is 4.79 Å². The summed E-state index contributed by atoms with van der Waals surface area (Å²) in [5.74, 6) is -3.15. The van der Waals surface area contributed by atoms with Crippen molar-refractivity contribution in [3.63, 3.8) is 0 Å². The lowest BCUT2D eigenvalue weighted by molar-refractivity contribution is -0.385. The Morgan fingerprint density at radius 2 is 1.62 bits per heavy atom. The first-order valence-corrected chi connectivity index (χ1v) is 17.4. The maximum Gasteiger partial charge on any atom is 0.416 e. The van der Waals surface area contributed by atoms with Gasteiger partial charge in [0.15, 0.2) is 0 Å². The number of carbonyl (C=O) groups is 3. The predicted octanol–water partition coefficient (Wildman–Crippen LogP) is 6.54. The minimum absolute atomic E-state index is 0.0371. The Hall–Kier alpha value is -4.29. The highest BCUT2D eigenvalue weighted by atomic mass is 35.5. The van der Waals surface area contributed by atoms with E-state index >= 15 is 0 Å². The molecule has 0 saturated carbocycles. The van der Waals surface area contributed by atoms with Gasteiger partial charge in [-0.15, -0.1) is 11.6 Å². The molecule has 1 amide bonds. The van der Waals surface area contributed by atoms with E-state index in [4.69, 9.17) is 52.7 Å². The van der Waals surface area contributed by atoms with E-state index < -0.39 is 60.3 Å². The minimum Gasteiger partial charge on any atom is -0.480 e. The van der Waals surface area contributed by atoms with Crippen LogP contribution in [0.3, 0.4) is 0 Å². The van der Waals surface area contributed by atoms with Crippen LogP contribution in [-0.4, -0.2) is 75.3 Å². The topological polar surface area (TPSA) is 226 Å². The van der Waals surface area contributed by atoms with Crippen molar-refractivity contribution < 1.29 is 66.5 Å². The van der Waals surface area contributed by atoms with Crippen LogP contribution in [0.5, 0.6) is 11.5 Å². The van der Waals surface area contributed by atoms with Gasteiger partial charge in [0.25, 0.3) is 5.69 Å². The normalized spacial score (nSPS) is 11.0. The standard InChI is InChI=1S/C14H7ClF3NO5.C14H20ClNO2.C3H8NO5P/c15-10-5-7(14(16,17)18)1-4-12(10)24-8-2-3-11(19(22)23)9(6-8)13(20)21;1-4-11-7-6-8-12(5-2)14(11)16(10-18-3)13(17)9-15;5-3(6)1-4-2-10(7,8)9/h1-6H,(H,20,21);6-8H,4-5,9-10H2,1-3H3;4H,1-2H2,(H,5,6)(H2,7,8,9). The molecule has 21 heteroatoms. The number of carboxylic acid groups (broad SMARTS) is 2. The molecular formula is C31H35Cl2F3N3O12P. The lowest BCUT2D eigenvalue weighted by Gasteiger charge is -2.26. The molecule has 0 radical (unpaired) electrons. The van der Waals surface area contributed by atoms with Crippen LogP contribution in [0, 0.1) is 10.1 Å². The number of aliphatic carboxylic acids is 1. The number of rotatable bonds is 14. The van der Waals surface area contributed by atoms with Gasteiger partial charge in [0.05, 0.1) is 34.0 Å². The number of anilines is 1. The number of para-hydroxylation sites is 1. The van der Waals surface area contributed by atoms with Crippen LogP contribution < -0.4 is 15.0 Å². The van der Waals surface area contributed by atoms with Gasteiger partial charge >= 0.3 is 25.7 Å². The summed E-state index contributed by atoms with van der Waals surface area (Å²) in [6, 6.07) is 11.4. The molecule has 0 aliphatic rings. The summed E-state index contributed by atoms with van der Waals surface area (Å²) in [5, 5.41) is 29.4. The maximum absolute atomic E-state index is 12.6. The van der Waals surface area contributed by atoms with Crippen molar-refractivity contribution in [3.8, 4) is 11.5 Å². The van der Waals surface area contributed by atoms with Crippen molar-refractivity contribution in [2.75, 3.05) is 37.5 Å². The summed E-state index contributed by atoms with van der Waals surface area (Å²) < 4.78 is 58.1. The van der Waals surface area contributed by atoms with Gasteiger partial charge in [0.1, 0.15) is 29.7 Å². The van der Waals surface area contributed by atoms with Crippen LogP contribution in [0.25, 0.3) is 0 Å². The number of ether oxygens (including phenoxy) is 2. The zero-order chi connectivity index (χ0) is 39.8. The molecule has 5 N–H and O–H groups in total. The minimum atomic E-state index is -4.58. The first-order valence-electron chi connectivity index (χ1n) is 14.7. The first-order chi connectivity index (χ1) is 24.2. The third-order valence-electron chi connectivity index (χ3n) is 6.38. The molecule has 0 unspecified atom stereocenters. The van der Waals surface area contributed by atoms with E-state index in [1.54, 1.807) is 12.0 Å². The third-order valence-corrected chi connectivity index (χ3v) is 7.54. The highest BCUT2D eigenvalue weighted by Crippen LogP contribution is 2.37. The van der Waals surface area contributed by atoms with E-state index in [2.05, 4.69) is 19.2 Å². The number of carboxylic acids is 2. The van der Waals surface area contributed by atoms with Crippen LogP contribution >= 0.6 is 30.8 Å². The number of benzene rings is 3. The van der Waals surface area contributed by atoms with E-state index in [1.807, 2.05) is 18.2 Å². The van der Waals surface area contributed by atoms with Crippen molar-refractivity contribution in [2.45, 2.75) is 32.9 Å². The number of hydrogen-bond donors (Lipinski definition) is 5. The number of alkyl halides is 4. The molecule has 0 aromatic heterocycles. The Labute approximate surface area is 305 Å². The molecule has 0 fully saturated rings. The summed E-state index contributed by atoms with van der Waals surface area (Å²) in [6.45, 7) is 3.95. The van der Waals surface area contributed by atoms with E-state index in [1.165, 1.54) is 0 Å².